The number of hydrogen-bond acceptors (Lipinski definition) is 5. The van der Waals surface area contributed by atoms with E-state index >= 15 is 0 Å². The van der Waals surface area contributed by atoms with Crippen molar-refractivity contribution in [3.8, 4) is 0 Å². The van der Waals surface area contributed by atoms with Crippen LogP contribution in [0.5, 0.6) is 0 Å². The molecule has 2 aliphatic rings. The van der Waals surface area contributed by atoms with Crippen LogP contribution in [0.2, 0.25) is 4.34 Å². The first-order valence-electron chi connectivity index (χ1n) is 8.36. The summed E-state index contributed by atoms with van der Waals surface area (Å²) in [5, 5.41) is 0. The molecule has 0 unspecified atom stereocenters. The van der Waals surface area contributed by atoms with Crippen molar-refractivity contribution < 1.29 is 9.59 Å². The molecule has 0 N–H and O–H groups in total. The fourth-order valence-corrected chi connectivity index (χ4v) is 5.05. The summed E-state index contributed by atoms with van der Waals surface area (Å²) in [6.45, 7) is 4.93. The highest BCUT2D eigenvalue weighted by molar-refractivity contribution is 9.10. The summed E-state index contributed by atoms with van der Waals surface area (Å²) in [5.41, 5.74) is 1.18. The van der Waals surface area contributed by atoms with E-state index in [1.165, 1.54) is 4.88 Å². The van der Waals surface area contributed by atoms with Crippen LogP contribution in [-0.4, -0.2) is 54.3 Å². The lowest BCUT2D eigenvalue weighted by molar-refractivity contribution is -0.114. The van der Waals surface area contributed by atoms with E-state index in [-0.39, 0.29) is 0 Å². The second-order valence-corrected chi connectivity index (χ2v) is 9.09. The summed E-state index contributed by atoms with van der Waals surface area (Å²) in [7, 11) is 0. The van der Waals surface area contributed by atoms with Gasteiger partial charge in [-0.25, -0.2) is 0 Å². The minimum atomic E-state index is -0.442. The smallest absolute Gasteiger partial charge is 0.296 e. The van der Waals surface area contributed by atoms with E-state index in [2.05, 4.69) is 31.8 Å². The molecule has 1 fully saturated rings. The molecular weight excluding hydrogens is 438 g/mol. The van der Waals surface area contributed by atoms with Crippen LogP contribution in [-0.2, 0) is 11.3 Å². The number of benzene rings is 1. The quantitative estimate of drug-likeness (QED) is 0.664. The Morgan fingerprint density at radius 1 is 1.04 bits per heavy atom. The molecule has 26 heavy (non-hydrogen) atoms. The van der Waals surface area contributed by atoms with Crippen molar-refractivity contribution in [1.29, 1.82) is 0 Å². The summed E-state index contributed by atoms with van der Waals surface area (Å²) < 4.78 is 1.50. The maximum Gasteiger partial charge on any atom is 0.300 e. The van der Waals surface area contributed by atoms with Crippen LogP contribution in [0.4, 0.5) is 5.69 Å². The van der Waals surface area contributed by atoms with E-state index in [1.807, 2.05) is 18.2 Å². The number of piperazine rings is 1. The van der Waals surface area contributed by atoms with Crippen molar-refractivity contribution in [3.63, 3.8) is 0 Å². The largest absolute Gasteiger partial charge is 0.300 e. The molecule has 4 rings (SSSR count). The predicted octanol–water partition coefficient (Wildman–Crippen LogP) is 3.47. The molecule has 8 heteroatoms. The molecule has 2 aromatic rings. The molecule has 0 saturated carbocycles. The van der Waals surface area contributed by atoms with Gasteiger partial charge in [-0.2, -0.15) is 0 Å². The average Bonchev–Trinajstić information content (AvgIpc) is 3.14. The lowest BCUT2D eigenvalue weighted by Gasteiger charge is -2.36. The van der Waals surface area contributed by atoms with Crippen molar-refractivity contribution in [2.24, 2.45) is 0 Å². The summed E-state index contributed by atoms with van der Waals surface area (Å²) in [5.74, 6) is -0.872. The summed E-state index contributed by atoms with van der Waals surface area (Å²) in [4.78, 5) is 32.1. The van der Waals surface area contributed by atoms with Crippen molar-refractivity contribution >= 4 is 56.2 Å². The lowest BCUT2D eigenvalue weighted by atomic mass is 10.1. The van der Waals surface area contributed by atoms with Crippen LogP contribution in [0.15, 0.2) is 34.8 Å². The summed E-state index contributed by atoms with van der Waals surface area (Å²) >= 11 is 11.0. The van der Waals surface area contributed by atoms with E-state index in [0.717, 1.165) is 37.1 Å². The van der Waals surface area contributed by atoms with Crippen LogP contribution in [0.3, 0.4) is 0 Å². The van der Waals surface area contributed by atoms with Gasteiger partial charge in [0.15, 0.2) is 0 Å². The maximum atomic E-state index is 12.4. The molecule has 0 aliphatic carbocycles. The second kappa shape index (κ2) is 7.40. The lowest BCUT2D eigenvalue weighted by Crippen LogP contribution is -2.50. The predicted molar refractivity (Wildman–Crippen MR) is 107 cm³/mol. The number of anilines is 1. The minimum Gasteiger partial charge on any atom is -0.296 e. The standard InChI is InChI=1S/C18H17BrClN3O2S/c19-13-2-1-3-14-16(13)17(24)18(25)23(14)11-22-8-6-21(7-9-22)10-12-4-5-15(20)26-12/h1-5H,6-11H2. The van der Waals surface area contributed by atoms with Gasteiger partial charge in [0.05, 0.1) is 22.3 Å². The number of thiophene rings is 1. The number of Topliss-reactive ketones (excluding diaryl/α,β-unsaturated/α-hetero) is 1. The molecule has 0 radical (unpaired) electrons. The monoisotopic (exact) mass is 453 g/mol. The molecule has 5 nitrogen and oxygen atoms in total. The van der Waals surface area contributed by atoms with Gasteiger partial charge >= 0.3 is 5.91 Å². The summed E-state index contributed by atoms with van der Waals surface area (Å²) in [6.07, 6.45) is 0. The number of fused-ring (bicyclic) bond motifs is 1. The zero-order valence-corrected chi connectivity index (χ0v) is 17.1. The maximum absolute atomic E-state index is 12.4. The Hall–Kier alpha value is -1.25. The number of amides is 1. The van der Waals surface area contributed by atoms with Crippen LogP contribution < -0.4 is 4.90 Å². The first kappa shape index (κ1) is 18.1. The van der Waals surface area contributed by atoms with Gasteiger partial charge in [0, 0.05) is 42.1 Å². The van der Waals surface area contributed by atoms with E-state index in [9.17, 15) is 9.59 Å². The molecule has 2 aliphatic heterocycles. The molecule has 1 saturated heterocycles. The van der Waals surface area contributed by atoms with Crippen molar-refractivity contribution in [1.82, 2.24) is 9.80 Å². The van der Waals surface area contributed by atoms with E-state index in [1.54, 1.807) is 22.3 Å². The van der Waals surface area contributed by atoms with Gasteiger partial charge in [-0.1, -0.05) is 17.7 Å². The molecular formula is C18H17BrClN3O2S. The van der Waals surface area contributed by atoms with Gasteiger partial charge in [-0.3, -0.25) is 24.3 Å². The number of carbonyl (C=O) groups is 2. The van der Waals surface area contributed by atoms with Crippen LogP contribution in [0.1, 0.15) is 15.2 Å². The van der Waals surface area contributed by atoms with Crippen LogP contribution in [0.25, 0.3) is 0 Å². The summed E-state index contributed by atoms with van der Waals surface area (Å²) in [6, 6.07) is 9.49. The first-order valence-corrected chi connectivity index (χ1v) is 10.4. The molecule has 1 amide bonds. The zero-order valence-electron chi connectivity index (χ0n) is 14.0. The van der Waals surface area contributed by atoms with Crippen molar-refractivity contribution in [2.45, 2.75) is 6.54 Å². The Kier molecular flexibility index (Phi) is 5.16. The molecule has 0 atom stereocenters. The van der Waals surface area contributed by atoms with E-state index in [0.29, 0.717) is 22.4 Å². The van der Waals surface area contributed by atoms with Crippen LogP contribution in [0, 0.1) is 0 Å². The van der Waals surface area contributed by atoms with Gasteiger partial charge in [-0.05, 0) is 40.2 Å². The molecule has 1 aromatic carbocycles. The number of carbonyl (C=O) groups excluding carboxylic acids is 2. The van der Waals surface area contributed by atoms with Gasteiger partial charge in [0.1, 0.15) is 0 Å². The molecule has 0 spiro atoms. The topological polar surface area (TPSA) is 43.9 Å². The third kappa shape index (κ3) is 3.46. The number of nitrogens with zero attached hydrogens (tertiary/aromatic N) is 3. The van der Waals surface area contributed by atoms with Crippen molar-refractivity contribution in [2.75, 3.05) is 37.7 Å². The third-order valence-electron chi connectivity index (χ3n) is 4.76. The Morgan fingerprint density at radius 2 is 1.77 bits per heavy atom. The Labute approximate surface area is 169 Å². The average molecular weight is 455 g/mol. The van der Waals surface area contributed by atoms with Crippen molar-refractivity contribution in [3.05, 3.63) is 49.6 Å². The number of rotatable bonds is 4. The molecule has 1 aromatic heterocycles. The van der Waals surface area contributed by atoms with Gasteiger partial charge in [0.25, 0.3) is 5.78 Å². The Bertz CT molecular complexity index is 864. The third-order valence-corrected chi connectivity index (χ3v) is 6.64. The van der Waals surface area contributed by atoms with Gasteiger partial charge < -0.3 is 0 Å². The van der Waals surface area contributed by atoms with Gasteiger partial charge in [0.2, 0.25) is 0 Å². The fraction of sp³-hybridized carbons (Fsp3) is 0.333. The highest BCUT2D eigenvalue weighted by Gasteiger charge is 2.38. The minimum absolute atomic E-state index is 0.430. The van der Waals surface area contributed by atoms with Crippen LogP contribution >= 0.6 is 38.9 Å². The van der Waals surface area contributed by atoms with E-state index in [4.69, 9.17) is 11.6 Å². The first-order chi connectivity index (χ1) is 12.5. The van der Waals surface area contributed by atoms with E-state index < -0.39 is 11.7 Å². The highest BCUT2D eigenvalue weighted by Crippen LogP contribution is 2.34. The fourth-order valence-electron chi connectivity index (χ4n) is 3.39. The zero-order chi connectivity index (χ0) is 18.3. The SMILES string of the molecule is O=C1C(=O)N(CN2CCN(Cc3ccc(Cl)s3)CC2)c2cccc(Br)c21. The molecule has 0 bridgehead atoms. The normalized spacial score (nSPS) is 18.6. The Morgan fingerprint density at radius 3 is 2.46 bits per heavy atom. The highest BCUT2D eigenvalue weighted by atomic mass is 79.9. The molecule has 3 heterocycles. The van der Waals surface area contributed by atoms with Gasteiger partial charge in [-0.15, -0.1) is 11.3 Å². The Balaban J connectivity index is 1.38. The number of halogens is 2. The second-order valence-electron chi connectivity index (χ2n) is 6.44. The number of hydrogen-bond donors (Lipinski definition) is 0. The number of ketones is 1. The molecule has 136 valence electrons.